The summed E-state index contributed by atoms with van der Waals surface area (Å²) in [5.41, 5.74) is 2.59. The number of para-hydroxylation sites is 1. The minimum atomic E-state index is -0.541. The minimum Gasteiger partial charge on any atom is -0.497 e. The molecule has 0 spiro atoms. The molecule has 0 fully saturated rings. The highest BCUT2D eigenvalue weighted by molar-refractivity contribution is 6.33. The van der Waals surface area contributed by atoms with Crippen molar-refractivity contribution in [2.24, 2.45) is 0 Å². The van der Waals surface area contributed by atoms with E-state index in [0.29, 0.717) is 27.7 Å². The molecule has 0 N–H and O–H groups in total. The summed E-state index contributed by atoms with van der Waals surface area (Å²) in [6.45, 7) is 3.74. The van der Waals surface area contributed by atoms with Crippen molar-refractivity contribution in [3.05, 3.63) is 82.2 Å². The molecule has 0 saturated carbocycles. The molecular formula is C24H24ClNO5. The van der Waals surface area contributed by atoms with Gasteiger partial charge in [0, 0.05) is 11.6 Å². The number of rotatable bonds is 6. The monoisotopic (exact) mass is 441 g/mol. The van der Waals surface area contributed by atoms with Crippen LogP contribution in [0.1, 0.15) is 25.3 Å². The predicted molar refractivity (Wildman–Crippen MR) is 119 cm³/mol. The Morgan fingerprint density at radius 2 is 1.71 bits per heavy atom. The maximum absolute atomic E-state index is 13.0. The fourth-order valence-electron chi connectivity index (χ4n) is 3.61. The predicted octanol–water partition coefficient (Wildman–Crippen LogP) is 4.85. The highest BCUT2D eigenvalue weighted by Gasteiger charge is 2.36. The maximum atomic E-state index is 13.0. The summed E-state index contributed by atoms with van der Waals surface area (Å²) in [5.74, 6) is -0.829. The van der Waals surface area contributed by atoms with E-state index in [1.54, 1.807) is 62.3 Å². The Bertz CT molecular complexity index is 1040. The van der Waals surface area contributed by atoms with E-state index >= 15 is 0 Å². The van der Waals surface area contributed by atoms with Crippen LogP contribution in [0.25, 0.3) is 0 Å². The van der Waals surface area contributed by atoms with Crippen LogP contribution in [0.5, 0.6) is 5.75 Å². The smallest absolute Gasteiger partial charge is 0.354 e. The second kappa shape index (κ2) is 9.71. The number of hydrogen-bond acceptors (Lipinski definition) is 6. The van der Waals surface area contributed by atoms with E-state index in [0.717, 1.165) is 5.56 Å². The highest BCUT2D eigenvalue weighted by atomic mass is 35.5. The standard InChI is InChI=1S/C24H24ClNO5/c1-5-31-24(28)22-15(2)26(20-9-7-6-8-19(20)25)21(23(27)30-4)14-18(22)16-10-12-17(29-3)13-11-16/h6-14,18H,5H2,1-4H3. The Labute approximate surface area is 186 Å². The van der Waals surface area contributed by atoms with Gasteiger partial charge in [-0.15, -0.1) is 0 Å². The van der Waals surface area contributed by atoms with Gasteiger partial charge in [0.2, 0.25) is 0 Å². The van der Waals surface area contributed by atoms with Gasteiger partial charge in [-0.05, 0) is 49.8 Å². The van der Waals surface area contributed by atoms with Crippen LogP contribution >= 0.6 is 11.6 Å². The van der Waals surface area contributed by atoms with E-state index < -0.39 is 17.9 Å². The third kappa shape index (κ3) is 4.44. The first kappa shape index (κ1) is 22.4. The number of carbonyl (C=O) groups excluding carboxylic acids is 2. The summed E-state index contributed by atoms with van der Waals surface area (Å²) < 4.78 is 15.6. The van der Waals surface area contributed by atoms with Gasteiger partial charge in [-0.3, -0.25) is 0 Å². The van der Waals surface area contributed by atoms with Crippen LogP contribution in [0.15, 0.2) is 71.6 Å². The summed E-state index contributed by atoms with van der Waals surface area (Å²) in [7, 11) is 2.90. The summed E-state index contributed by atoms with van der Waals surface area (Å²) in [6, 6.07) is 14.4. The van der Waals surface area contributed by atoms with E-state index in [4.69, 9.17) is 25.8 Å². The number of methoxy groups -OCH3 is 2. The zero-order valence-corrected chi connectivity index (χ0v) is 18.6. The van der Waals surface area contributed by atoms with Crippen LogP contribution in [0.3, 0.4) is 0 Å². The number of hydrogen-bond donors (Lipinski definition) is 0. The largest absolute Gasteiger partial charge is 0.497 e. The van der Waals surface area contributed by atoms with Crippen molar-refractivity contribution in [2.75, 3.05) is 25.7 Å². The Hall–Kier alpha value is -3.25. The summed E-state index contributed by atoms with van der Waals surface area (Å²) in [4.78, 5) is 27.4. The number of halogens is 1. The van der Waals surface area contributed by atoms with Gasteiger partial charge in [0.15, 0.2) is 0 Å². The molecular weight excluding hydrogens is 418 g/mol. The normalized spacial score (nSPS) is 16.0. The summed E-state index contributed by atoms with van der Waals surface area (Å²) in [6.07, 6.45) is 1.70. The molecule has 6 nitrogen and oxygen atoms in total. The molecule has 0 amide bonds. The minimum absolute atomic E-state index is 0.227. The van der Waals surface area contributed by atoms with E-state index in [1.165, 1.54) is 7.11 Å². The summed E-state index contributed by atoms with van der Waals surface area (Å²) >= 11 is 6.44. The van der Waals surface area contributed by atoms with E-state index in [-0.39, 0.29) is 12.3 Å². The number of anilines is 1. The number of esters is 2. The lowest BCUT2D eigenvalue weighted by Crippen LogP contribution is -2.34. The van der Waals surface area contributed by atoms with Gasteiger partial charge in [0.1, 0.15) is 11.4 Å². The van der Waals surface area contributed by atoms with Crippen molar-refractivity contribution in [3.8, 4) is 5.75 Å². The number of carbonyl (C=O) groups is 2. The average Bonchev–Trinajstić information content (AvgIpc) is 2.78. The zero-order valence-electron chi connectivity index (χ0n) is 17.8. The quantitative estimate of drug-likeness (QED) is 0.597. The van der Waals surface area contributed by atoms with Crippen LogP contribution in [0.4, 0.5) is 5.69 Å². The average molecular weight is 442 g/mol. The van der Waals surface area contributed by atoms with Gasteiger partial charge in [-0.25, -0.2) is 9.59 Å². The molecule has 0 saturated heterocycles. The first-order valence-corrected chi connectivity index (χ1v) is 10.2. The summed E-state index contributed by atoms with van der Waals surface area (Å²) in [5, 5.41) is 0.433. The molecule has 0 aromatic heterocycles. The number of allylic oxidation sites excluding steroid dienone is 2. The van der Waals surface area contributed by atoms with Gasteiger partial charge in [-0.1, -0.05) is 35.9 Å². The second-order valence-corrected chi connectivity index (χ2v) is 7.21. The van der Waals surface area contributed by atoms with Crippen molar-refractivity contribution in [1.29, 1.82) is 0 Å². The lowest BCUT2D eigenvalue weighted by atomic mass is 9.85. The molecule has 0 radical (unpaired) electrons. The van der Waals surface area contributed by atoms with Crippen molar-refractivity contribution in [3.63, 3.8) is 0 Å². The molecule has 31 heavy (non-hydrogen) atoms. The van der Waals surface area contributed by atoms with Gasteiger partial charge < -0.3 is 19.1 Å². The van der Waals surface area contributed by atoms with Gasteiger partial charge in [0.05, 0.1) is 37.1 Å². The molecule has 3 rings (SSSR count). The first-order chi connectivity index (χ1) is 14.9. The molecule has 7 heteroatoms. The molecule has 1 aliphatic heterocycles. The van der Waals surface area contributed by atoms with Crippen LogP contribution < -0.4 is 9.64 Å². The fourth-order valence-corrected chi connectivity index (χ4v) is 3.83. The van der Waals surface area contributed by atoms with Crippen molar-refractivity contribution >= 4 is 29.2 Å². The first-order valence-electron chi connectivity index (χ1n) is 9.79. The molecule has 1 atom stereocenters. The molecule has 1 heterocycles. The van der Waals surface area contributed by atoms with E-state index in [9.17, 15) is 9.59 Å². The van der Waals surface area contributed by atoms with Crippen LogP contribution in [0, 0.1) is 0 Å². The lowest BCUT2D eigenvalue weighted by Gasteiger charge is -2.35. The van der Waals surface area contributed by atoms with Crippen LogP contribution in [-0.2, 0) is 19.1 Å². The molecule has 2 aromatic rings. The maximum Gasteiger partial charge on any atom is 0.354 e. The third-order valence-corrected chi connectivity index (χ3v) is 5.38. The molecule has 0 aliphatic carbocycles. The third-order valence-electron chi connectivity index (χ3n) is 5.06. The zero-order chi connectivity index (χ0) is 22.5. The van der Waals surface area contributed by atoms with Crippen molar-refractivity contribution < 1.29 is 23.8 Å². The molecule has 0 bridgehead atoms. The second-order valence-electron chi connectivity index (χ2n) is 6.80. The van der Waals surface area contributed by atoms with Gasteiger partial charge in [0.25, 0.3) is 0 Å². The number of ether oxygens (including phenoxy) is 3. The Morgan fingerprint density at radius 1 is 1.03 bits per heavy atom. The Balaban J connectivity index is 2.24. The van der Waals surface area contributed by atoms with Crippen LogP contribution in [0.2, 0.25) is 5.02 Å². The SMILES string of the molecule is CCOC(=O)C1=C(C)N(c2ccccc2Cl)C(C(=O)OC)=CC1c1ccc(OC)cc1. The Morgan fingerprint density at radius 3 is 2.29 bits per heavy atom. The highest BCUT2D eigenvalue weighted by Crippen LogP contribution is 2.42. The van der Waals surface area contributed by atoms with Crippen molar-refractivity contribution in [1.82, 2.24) is 0 Å². The number of nitrogens with zero attached hydrogens (tertiary/aromatic N) is 1. The van der Waals surface area contributed by atoms with E-state index in [1.807, 2.05) is 18.2 Å². The fraction of sp³-hybridized carbons (Fsp3) is 0.250. The molecule has 1 unspecified atom stereocenters. The number of benzene rings is 2. The van der Waals surface area contributed by atoms with Gasteiger partial charge in [-0.2, -0.15) is 0 Å². The van der Waals surface area contributed by atoms with Gasteiger partial charge >= 0.3 is 11.9 Å². The molecule has 1 aliphatic rings. The van der Waals surface area contributed by atoms with Crippen LogP contribution in [-0.4, -0.2) is 32.8 Å². The Kier molecular flexibility index (Phi) is 7.02. The molecule has 162 valence electrons. The van der Waals surface area contributed by atoms with Crippen molar-refractivity contribution in [2.45, 2.75) is 19.8 Å². The molecule has 2 aromatic carbocycles. The van der Waals surface area contributed by atoms with E-state index in [2.05, 4.69) is 0 Å². The lowest BCUT2D eigenvalue weighted by molar-refractivity contribution is -0.139. The topological polar surface area (TPSA) is 65.1 Å².